The van der Waals surface area contributed by atoms with Gasteiger partial charge in [-0.25, -0.2) is 5.57 Å². The van der Waals surface area contributed by atoms with Crippen LogP contribution in [0.4, 0.5) is 0 Å². The maximum absolute atomic E-state index is 8.47. The third-order valence-electron chi connectivity index (χ3n) is 4.17. The summed E-state index contributed by atoms with van der Waals surface area (Å²) < 4.78 is 0. The molecule has 2 aromatic carbocycles. The zero-order valence-corrected chi connectivity index (χ0v) is 21.8. The molecule has 1 radical (unpaired) electrons. The van der Waals surface area contributed by atoms with E-state index in [4.69, 9.17) is 10.5 Å². The summed E-state index contributed by atoms with van der Waals surface area (Å²) in [5.41, 5.74) is 9.77. The van der Waals surface area contributed by atoms with Crippen molar-refractivity contribution in [1.29, 1.82) is 0 Å². The maximum Gasteiger partial charge on any atom is 4.00 e. The number of amides is 1. The van der Waals surface area contributed by atoms with Gasteiger partial charge in [-0.2, -0.15) is 11.1 Å². The molecule has 1 aliphatic rings. The van der Waals surface area contributed by atoms with Crippen LogP contribution in [0.1, 0.15) is 27.7 Å². The molecule has 1 N–H and O–H groups in total. The molecular formula is C22H26Cl2NOSiZr. The zero-order valence-electron chi connectivity index (χ0n) is 16.7. The van der Waals surface area contributed by atoms with Crippen molar-refractivity contribution in [2.75, 3.05) is 0 Å². The van der Waals surface area contributed by atoms with E-state index in [-0.39, 0.29) is 66.9 Å². The van der Waals surface area contributed by atoms with Crippen LogP contribution >= 0.6 is 0 Å². The monoisotopic (exact) mass is 508 g/mol. The van der Waals surface area contributed by atoms with Crippen LogP contribution in [0.2, 0.25) is 0 Å². The number of halogens is 2. The number of benzene rings is 2. The Kier molecular flexibility index (Phi) is 20.6. The van der Waals surface area contributed by atoms with Gasteiger partial charge in [0.05, 0.1) is 0 Å². The van der Waals surface area contributed by atoms with Crippen molar-refractivity contribution in [2.24, 2.45) is 5.92 Å². The van der Waals surface area contributed by atoms with E-state index >= 15 is 0 Å². The Hall–Kier alpha value is -0.930. The first-order chi connectivity index (χ1) is 12.0. The van der Waals surface area contributed by atoms with E-state index in [9.17, 15) is 0 Å². The minimum Gasteiger partial charge on any atom is -1.00 e. The molecule has 147 valence electrons. The molecule has 0 saturated heterocycles. The maximum atomic E-state index is 8.47. The summed E-state index contributed by atoms with van der Waals surface area (Å²) in [4.78, 5) is 8.47. The first-order valence-electron chi connectivity index (χ1n) is 8.33. The molecule has 1 atom stereocenters. The van der Waals surface area contributed by atoms with E-state index in [1.165, 1.54) is 27.1 Å². The predicted molar refractivity (Wildman–Crippen MR) is 110 cm³/mol. The van der Waals surface area contributed by atoms with Gasteiger partial charge >= 0.3 is 26.2 Å². The van der Waals surface area contributed by atoms with Gasteiger partial charge in [0.25, 0.3) is 0 Å². The Labute approximate surface area is 203 Å². The largest absolute Gasteiger partial charge is 4.00 e. The fraction of sp³-hybridized carbons (Fsp3) is 0.227. The summed E-state index contributed by atoms with van der Waals surface area (Å²) in [5.74, 6) is 0.560. The average molecular weight is 511 g/mol. The number of allylic oxidation sites excluding steroid dienone is 4. The Morgan fingerprint density at radius 3 is 1.46 bits per heavy atom. The fourth-order valence-corrected chi connectivity index (χ4v) is 3.67. The molecule has 1 amide bonds. The van der Waals surface area contributed by atoms with Gasteiger partial charge in [0.15, 0.2) is 0 Å². The summed E-state index contributed by atoms with van der Waals surface area (Å²) in [7, 11) is 0.271. The second-order valence-corrected chi connectivity index (χ2v) is 7.50. The smallest absolute Gasteiger partial charge is 1.00 e. The van der Waals surface area contributed by atoms with Gasteiger partial charge in [-0.05, 0) is 0 Å². The molecule has 0 aromatic heterocycles. The van der Waals surface area contributed by atoms with Crippen LogP contribution in [0.25, 0.3) is 5.73 Å². The molecule has 1 unspecified atom stereocenters. The van der Waals surface area contributed by atoms with Crippen LogP contribution in [0.5, 0.6) is 0 Å². The molecule has 28 heavy (non-hydrogen) atoms. The third kappa shape index (κ3) is 11.8. The van der Waals surface area contributed by atoms with Crippen molar-refractivity contribution in [1.82, 2.24) is 0 Å². The van der Waals surface area contributed by atoms with E-state index in [1.54, 1.807) is 0 Å². The molecule has 1 aliphatic carbocycles. The average Bonchev–Trinajstić information content (AvgIpc) is 2.84. The molecule has 0 fully saturated rings. The Bertz CT molecular complexity index is 684. The van der Waals surface area contributed by atoms with E-state index in [0.29, 0.717) is 5.92 Å². The van der Waals surface area contributed by atoms with Crippen LogP contribution in [-0.2, 0) is 31.0 Å². The zero-order chi connectivity index (χ0) is 18.7. The molecule has 0 spiro atoms. The van der Waals surface area contributed by atoms with Gasteiger partial charge in [0.1, 0.15) is 9.52 Å². The molecule has 2 aromatic rings. The SMILES string of the molecule is CC1=[C-]C(C)C(C)=C1C.[Cl-].[Cl-].[NH-]C=O.[Zr+4].c1ccc([SiH]c2ccccc2)cc1. The Morgan fingerprint density at radius 1 is 0.893 bits per heavy atom. The molecular weight excluding hydrogens is 484 g/mol. The summed E-state index contributed by atoms with van der Waals surface area (Å²) in [5, 5.41) is 2.90. The van der Waals surface area contributed by atoms with Crippen molar-refractivity contribution in [2.45, 2.75) is 27.7 Å². The van der Waals surface area contributed by atoms with Crippen molar-refractivity contribution >= 4 is 26.3 Å². The molecule has 0 aliphatic heterocycles. The number of nitrogens with one attached hydrogen (secondary N) is 1. The molecule has 6 heteroatoms. The summed E-state index contributed by atoms with van der Waals surface area (Å²) >= 11 is 0. The van der Waals surface area contributed by atoms with Crippen molar-refractivity contribution in [3.8, 4) is 0 Å². The van der Waals surface area contributed by atoms with Gasteiger partial charge in [-0.1, -0.05) is 97.7 Å². The number of carbonyl (C=O) groups is 1. The topological polar surface area (TPSA) is 40.9 Å². The van der Waals surface area contributed by atoms with Gasteiger partial charge in [-0.3, -0.25) is 6.08 Å². The third-order valence-corrected chi connectivity index (χ3v) is 5.61. The van der Waals surface area contributed by atoms with Crippen LogP contribution < -0.4 is 35.2 Å². The quantitative estimate of drug-likeness (QED) is 0.262. The normalized spacial score (nSPS) is 13.7. The minimum absolute atomic E-state index is 0. The molecule has 2 nitrogen and oxygen atoms in total. The first-order valence-corrected chi connectivity index (χ1v) is 9.48. The van der Waals surface area contributed by atoms with E-state index in [2.05, 4.69) is 94.4 Å². The fourth-order valence-electron chi connectivity index (χ4n) is 2.45. The standard InChI is InChI=1S/C12H11Si.C9H13.CH3NO.2ClH.Zr/c1-3-7-11(8-4-1)13-12-9-5-2-6-10-12;1-6-5-7(2)9(4)8(6)3;2-1-3;;;/h1-10,13H;6H,1-4H3;1H,(H2,2,3);2*1H;/q;-1;;;;+4/p-3. The van der Waals surface area contributed by atoms with Crippen molar-refractivity contribution in [3.05, 3.63) is 89.2 Å². The predicted octanol–water partition coefficient (Wildman–Crippen LogP) is -2.00. The second kappa shape index (κ2) is 18.1. The number of hydrogen-bond acceptors (Lipinski definition) is 1. The summed E-state index contributed by atoms with van der Waals surface area (Å²) in [6, 6.07) is 21.3. The summed E-state index contributed by atoms with van der Waals surface area (Å²) in [6.07, 6.45) is 3.36. The van der Waals surface area contributed by atoms with Gasteiger partial charge in [0.2, 0.25) is 0 Å². The molecule has 0 heterocycles. The van der Waals surface area contributed by atoms with Gasteiger partial charge < -0.3 is 35.3 Å². The van der Waals surface area contributed by atoms with Crippen LogP contribution in [0.3, 0.4) is 0 Å². The van der Waals surface area contributed by atoms with Crippen molar-refractivity contribution < 1.29 is 55.8 Å². The van der Waals surface area contributed by atoms with E-state index < -0.39 is 0 Å². The molecule has 0 bridgehead atoms. The Balaban J connectivity index is -0.000000372. The van der Waals surface area contributed by atoms with Crippen LogP contribution in [0, 0.1) is 12.0 Å². The molecule has 0 saturated carbocycles. The van der Waals surface area contributed by atoms with Gasteiger partial charge in [-0.15, -0.1) is 6.92 Å². The van der Waals surface area contributed by atoms with Gasteiger partial charge in [0, 0.05) is 6.41 Å². The number of carbonyl (C=O) groups excluding carboxylic acids is 1. The molecule has 3 rings (SSSR count). The number of rotatable bonds is 2. The Morgan fingerprint density at radius 2 is 1.25 bits per heavy atom. The van der Waals surface area contributed by atoms with Crippen LogP contribution in [0.15, 0.2) is 77.4 Å². The van der Waals surface area contributed by atoms with Crippen LogP contribution in [-0.4, -0.2) is 15.9 Å². The minimum atomic E-state index is 0. The number of hydrogen-bond donors (Lipinski definition) is 0. The van der Waals surface area contributed by atoms with Crippen molar-refractivity contribution in [3.63, 3.8) is 0 Å². The van der Waals surface area contributed by atoms with E-state index in [1.807, 2.05) is 0 Å². The first kappa shape index (κ1) is 31.8. The summed E-state index contributed by atoms with van der Waals surface area (Å²) in [6.45, 7) is 8.67. The van der Waals surface area contributed by atoms with E-state index in [0.717, 1.165) is 0 Å². The second-order valence-electron chi connectivity index (χ2n) is 5.88.